The highest BCUT2D eigenvalue weighted by Crippen LogP contribution is 2.20. The molecule has 0 spiro atoms. The fourth-order valence-corrected chi connectivity index (χ4v) is 3.48. The predicted octanol–water partition coefficient (Wildman–Crippen LogP) is 1.06. The second-order valence-electron chi connectivity index (χ2n) is 4.43. The molecule has 14 heavy (non-hydrogen) atoms. The van der Waals surface area contributed by atoms with Crippen LogP contribution in [0.25, 0.3) is 0 Å². The van der Waals surface area contributed by atoms with Crippen molar-refractivity contribution >= 4 is 9.04 Å². The molecule has 0 aromatic heterocycles. The van der Waals surface area contributed by atoms with Gasteiger partial charge in [0.25, 0.3) is 0 Å². The lowest BCUT2D eigenvalue weighted by Gasteiger charge is -2.06. The molecule has 0 radical (unpaired) electrons. The van der Waals surface area contributed by atoms with Gasteiger partial charge < -0.3 is 14.3 Å². The number of ether oxygens (including phenoxy) is 2. The third-order valence-electron chi connectivity index (χ3n) is 2.93. The summed E-state index contributed by atoms with van der Waals surface area (Å²) in [7, 11) is -1.38. The summed E-state index contributed by atoms with van der Waals surface area (Å²) in [4.78, 5) is 9.77. The Hall–Kier alpha value is 0.0969. The third kappa shape index (κ3) is 4.55. The van der Waals surface area contributed by atoms with Crippen LogP contribution >= 0.6 is 0 Å². The largest absolute Gasteiger partial charge is 0.435 e. The highest BCUT2D eigenvalue weighted by molar-refractivity contribution is 6.50. The van der Waals surface area contributed by atoms with Gasteiger partial charge in [-0.3, -0.25) is 0 Å². The van der Waals surface area contributed by atoms with Crippen LogP contribution < -0.4 is 0 Å². The van der Waals surface area contributed by atoms with Crippen LogP contribution in [0.4, 0.5) is 0 Å². The molecular formula is C10H20O3Si. The molecule has 3 nitrogen and oxygen atoms in total. The summed E-state index contributed by atoms with van der Waals surface area (Å²) < 4.78 is 10.3. The van der Waals surface area contributed by atoms with Gasteiger partial charge in [0.15, 0.2) is 9.04 Å². The normalized spacial score (nSPS) is 31.5. The summed E-state index contributed by atoms with van der Waals surface area (Å²) in [5, 5.41) is 0. The molecule has 0 bridgehead atoms. The van der Waals surface area contributed by atoms with Crippen molar-refractivity contribution in [3.8, 4) is 0 Å². The van der Waals surface area contributed by atoms with Gasteiger partial charge in [0.05, 0.1) is 25.4 Å². The van der Waals surface area contributed by atoms with E-state index in [-0.39, 0.29) is 0 Å². The van der Waals surface area contributed by atoms with Crippen molar-refractivity contribution in [3.63, 3.8) is 0 Å². The summed E-state index contributed by atoms with van der Waals surface area (Å²) in [6.45, 7) is 1.91. The van der Waals surface area contributed by atoms with Gasteiger partial charge in [-0.1, -0.05) is 12.8 Å². The molecule has 0 aromatic rings. The molecule has 2 unspecified atom stereocenters. The fraction of sp³-hybridized carbons (Fsp3) is 1.00. The molecule has 2 heterocycles. The van der Waals surface area contributed by atoms with Crippen molar-refractivity contribution in [1.82, 2.24) is 0 Å². The first-order valence-electron chi connectivity index (χ1n) is 5.76. The van der Waals surface area contributed by atoms with E-state index in [9.17, 15) is 4.80 Å². The van der Waals surface area contributed by atoms with Gasteiger partial charge in [0.1, 0.15) is 0 Å². The van der Waals surface area contributed by atoms with Crippen LogP contribution in [-0.2, 0) is 9.47 Å². The first-order chi connectivity index (χ1) is 6.84. The van der Waals surface area contributed by atoms with Gasteiger partial charge >= 0.3 is 0 Å². The lowest BCUT2D eigenvalue weighted by Crippen LogP contribution is -2.11. The molecule has 0 amide bonds. The minimum atomic E-state index is -1.38. The molecule has 2 aliphatic heterocycles. The molecule has 2 saturated heterocycles. The molecule has 4 heteroatoms. The smallest absolute Gasteiger partial charge is 0.172 e. The molecule has 1 N–H and O–H groups in total. The Morgan fingerprint density at radius 1 is 1.00 bits per heavy atom. The van der Waals surface area contributed by atoms with Crippen LogP contribution in [0.2, 0.25) is 12.1 Å². The van der Waals surface area contributed by atoms with E-state index in [0.717, 1.165) is 51.0 Å². The Morgan fingerprint density at radius 3 is 1.79 bits per heavy atom. The maximum Gasteiger partial charge on any atom is 0.172 e. The average molecular weight is 216 g/mol. The average Bonchev–Trinajstić information content (AvgIpc) is 2.99. The van der Waals surface area contributed by atoms with E-state index in [0.29, 0.717) is 12.2 Å². The van der Waals surface area contributed by atoms with E-state index >= 15 is 0 Å². The molecular weight excluding hydrogens is 196 g/mol. The number of epoxide rings is 2. The number of hydrogen-bond donors (Lipinski definition) is 1. The molecule has 2 atom stereocenters. The summed E-state index contributed by atoms with van der Waals surface area (Å²) in [6.07, 6.45) is 5.73. The van der Waals surface area contributed by atoms with Crippen molar-refractivity contribution < 1.29 is 14.3 Å². The van der Waals surface area contributed by atoms with Gasteiger partial charge in [0, 0.05) is 0 Å². The van der Waals surface area contributed by atoms with Gasteiger partial charge in [-0.15, -0.1) is 0 Å². The third-order valence-corrected chi connectivity index (χ3v) is 5.08. The molecule has 0 saturated carbocycles. The molecule has 0 aliphatic carbocycles. The zero-order chi connectivity index (χ0) is 9.80. The van der Waals surface area contributed by atoms with Crippen molar-refractivity contribution in [2.75, 3.05) is 13.2 Å². The molecule has 2 aliphatic rings. The second kappa shape index (κ2) is 5.26. The maximum atomic E-state index is 9.77. The summed E-state index contributed by atoms with van der Waals surface area (Å²) in [5.41, 5.74) is 0. The van der Waals surface area contributed by atoms with Gasteiger partial charge in [-0.2, -0.15) is 0 Å². The van der Waals surface area contributed by atoms with E-state index in [1.165, 1.54) is 0 Å². The van der Waals surface area contributed by atoms with Crippen molar-refractivity contribution in [3.05, 3.63) is 0 Å². The molecule has 0 aromatic carbocycles. The van der Waals surface area contributed by atoms with E-state index in [1.807, 2.05) is 0 Å². The molecule has 2 rings (SSSR count). The summed E-state index contributed by atoms with van der Waals surface area (Å²) >= 11 is 0. The first kappa shape index (κ1) is 10.6. The predicted molar refractivity (Wildman–Crippen MR) is 56.9 cm³/mol. The Balaban J connectivity index is 1.38. The number of rotatable bonds is 8. The van der Waals surface area contributed by atoms with Crippen LogP contribution in [0.5, 0.6) is 0 Å². The first-order valence-corrected chi connectivity index (χ1v) is 7.91. The minimum Gasteiger partial charge on any atom is -0.435 e. The summed E-state index contributed by atoms with van der Waals surface area (Å²) in [5.74, 6) is 0. The van der Waals surface area contributed by atoms with Gasteiger partial charge in [0.2, 0.25) is 0 Å². The molecule has 82 valence electrons. The Morgan fingerprint density at radius 2 is 1.43 bits per heavy atom. The highest BCUT2D eigenvalue weighted by Gasteiger charge is 2.23. The number of hydrogen-bond acceptors (Lipinski definition) is 3. The van der Waals surface area contributed by atoms with Gasteiger partial charge in [-0.25, -0.2) is 0 Å². The Labute approximate surface area is 87.1 Å². The SMILES string of the molecule is O[SiH](CCCC1CO1)CCCC1CO1. The standard InChI is InChI=1S/C10H20O3Si/c11-14(5-1-3-9-7-12-9)6-2-4-10-8-13-10/h9-11,14H,1-8H2. The minimum absolute atomic E-state index is 0.538. The van der Waals surface area contributed by atoms with Crippen LogP contribution in [0.3, 0.4) is 0 Å². The van der Waals surface area contributed by atoms with E-state index in [4.69, 9.17) is 9.47 Å². The lowest BCUT2D eigenvalue weighted by atomic mass is 10.3. The maximum absolute atomic E-state index is 9.77. The van der Waals surface area contributed by atoms with Gasteiger partial charge in [-0.05, 0) is 24.9 Å². The van der Waals surface area contributed by atoms with E-state index in [2.05, 4.69) is 0 Å². The zero-order valence-corrected chi connectivity index (χ0v) is 9.81. The monoisotopic (exact) mass is 216 g/mol. The van der Waals surface area contributed by atoms with E-state index < -0.39 is 9.04 Å². The Bertz CT molecular complexity index is 151. The Kier molecular flexibility index (Phi) is 3.98. The topological polar surface area (TPSA) is 45.3 Å². The fourth-order valence-electron chi connectivity index (χ4n) is 1.78. The van der Waals surface area contributed by atoms with Crippen molar-refractivity contribution in [2.45, 2.75) is 50.0 Å². The van der Waals surface area contributed by atoms with Crippen LogP contribution in [0.15, 0.2) is 0 Å². The van der Waals surface area contributed by atoms with E-state index in [1.54, 1.807) is 0 Å². The zero-order valence-electron chi connectivity index (χ0n) is 8.65. The van der Waals surface area contributed by atoms with Crippen LogP contribution in [0.1, 0.15) is 25.7 Å². The van der Waals surface area contributed by atoms with Crippen LogP contribution in [-0.4, -0.2) is 39.3 Å². The van der Waals surface area contributed by atoms with Crippen LogP contribution in [0, 0.1) is 0 Å². The van der Waals surface area contributed by atoms with Crippen molar-refractivity contribution in [2.24, 2.45) is 0 Å². The quantitative estimate of drug-likeness (QED) is 0.487. The lowest BCUT2D eigenvalue weighted by molar-refractivity contribution is 0.391. The van der Waals surface area contributed by atoms with Crippen molar-refractivity contribution in [1.29, 1.82) is 0 Å². The molecule has 2 fully saturated rings. The summed E-state index contributed by atoms with van der Waals surface area (Å²) in [6, 6.07) is 2.15. The second-order valence-corrected chi connectivity index (χ2v) is 6.89. The highest BCUT2D eigenvalue weighted by atomic mass is 28.3.